The van der Waals surface area contributed by atoms with Crippen LogP contribution in [0, 0.1) is 10.1 Å². The van der Waals surface area contributed by atoms with E-state index in [0.717, 1.165) is 5.56 Å². The zero-order valence-corrected chi connectivity index (χ0v) is 9.32. The molecule has 3 nitrogen and oxygen atoms in total. The van der Waals surface area contributed by atoms with E-state index in [4.69, 9.17) is 0 Å². The van der Waals surface area contributed by atoms with Gasteiger partial charge in [-0.25, -0.2) is 0 Å². The highest BCUT2D eigenvalue weighted by molar-refractivity contribution is 5.53. The Labute approximate surface area is 100 Å². The summed E-state index contributed by atoms with van der Waals surface area (Å²) in [6.45, 7) is 3.55. The van der Waals surface area contributed by atoms with E-state index in [1.807, 2.05) is 36.5 Å². The fourth-order valence-corrected chi connectivity index (χ4v) is 1.14. The number of allylic oxidation sites excluding steroid dienone is 6. The summed E-state index contributed by atoms with van der Waals surface area (Å²) in [5, 5.41) is 10.4. The lowest BCUT2D eigenvalue weighted by atomic mass is 10.2. The molecule has 3 heteroatoms. The summed E-state index contributed by atoms with van der Waals surface area (Å²) in [7, 11) is 0. The van der Waals surface area contributed by atoms with Crippen LogP contribution in [0.25, 0.3) is 6.08 Å². The highest BCUT2D eigenvalue weighted by Crippen LogP contribution is 2.12. The van der Waals surface area contributed by atoms with Gasteiger partial charge in [-0.1, -0.05) is 49.1 Å². The van der Waals surface area contributed by atoms with Crippen molar-refractivity contribution in [2.75, 3.05) is 0 Å². The van der Waals surface area contributed by atoms with E-state index in [-0.39, 0.29) is 5.69 Å². The Morgan fingerprint density at radius 3 is 2.18 bits per heavy atom. The minimum atomic E-state index is -0.409. The second-order valence-electron chi connectivity index (χ2n) is 3.21. The van der Waals surface area contributed by atoms with E-state index in [1.165, 1.54) is 12.1 Å². The topological polar surface area (TPSA) is 43.1 Å². The smallest absolute Gasteiger partial charge is 0.258 e. The first-order valence-corrected chi connectivity index (χ1v) is 5.11. The number of nitro benzene ring substituents is 1. The van der Waals surface area contributed by atoms with Gasteiger partial charge in [0.15, 0.2) is 0 Å². The lowest BCUT2D eigenvalue weighted by Gasteiger charge is -1.92. The average Bonchev–Trinajstić information content (AvgIpc) is 2.34. The molecule has 0 amide bonds. The number of nitrogens with zero attached hydrogens (tertiary/aromatic N) is 1. The normalized spacial score (nSPS) is 11.5. The molecule has 0 bridgehead atoms. The van der Waals surface area contributed by atoms with Crippen LogP contribution in [0.4, 0.5) is 5.69 Å². The first-order chi connectivity index (χ1) is 8.24. The highest BCUT2D eigenvalue weighted by atomic mass is 16.6. The third kappa shape index (κ3) is 4.75. The van der Waals surface area contributed by atoms with Gasteiger partial charge in [0, 0.05) is 12.1 Å². The summed E-state index contributed by atoms with van der Waals surface area (Å²) in [5.74, 6) is 0. The van der Waals surface area contributed by atoms with E-state index < -0.39 is 4.92 Å². The summed E-state index contributed by atoms with van der Waals surface area (Å²) >= 11 is 0. The molecule has 0 atom stereocenters. The summed E-state index contributed by atoms with van der Waals surface area (Å²) in [4.78, 5) is 10.0. The van der Waals surface area contributed by atoms with Crippen molar-refractivity contribution in [3.63, 3.8) is 0 Å². The molecule has 86 valence electrons. The van der Waals surface area contributed by atoms with Crippen molar-refractivity contribution >= 4 is 11.8 Å². The average molecular weight is 227 g/mol. The molecular formula is C14H13NO2. The highest BCUT2D eigenvalue weighted by Gasteiger charge is 2.01. The zero-order chi connectivity index (χ0) is 12.5. The standard InChI is InChI=1S/C14H13NO2/c1-2-3-4-5-6-7-8-13-9-11-14(12-10-13)15(16)17/h2-12H,1H2. The Balaban J connectivity index is 2.60. The SMILES string of the molecule is C=CC=CC=CC=Cc1ccc([N+](=O)[O-])cc1. The Morgan fingerprint density at radius 2 is 1.59 bits per heavy atom. The van der Waals surface area contributed by atoms with Crippen LogP contribution in [-0.2, 0) is 0 Å². The van der Waals surface area contributed by atoms with Crippen LogP contribution in [0.2, 0.25) is 0 Å². The number of hydrogen-bond acceptors (Lipinski definition) is 2. The number of hydrogen-bond donors (Lipinski definition) is 0. The Bertz CT molecular complexity index is 468. The van der Waals surface area contributed by atoms with Gasteiger partial charge < -0.3 is 0 Å². The van der Waals surface area contributed by atoms with Crippen LogP contribution < -0.4 is 0 Å². The van der Waals surface area contributed by atoms with Gasteiger partial charge in [-0.05, 0) is 17.7 Å². The van der Waals surface area contributed by atoms with Gasteiger partial charge >= 0.3 is 0 Å². The van der Waals surface area contributed by atoms with Crippen LogP contribution >= 0.6 is 0 Å². The van der Waals surface area contributed by atoms with Crippen LogP contribution in [0.15, 0.2) is 67.3 Å². The third-order valence-corrected chi connectivity index (χ3v) is 1.97. The first-order valence-electron chi connectivity index (χ1n) is 5.11. The van der Waals surface area contributed by atoms with Crippen LogP contribution in [0.1, 0.15) is 5.56 Å². The number of rotatable bonds is 5. The number of non-ortho nitro benzene ring substituents is 1. The molecule has 0 fully saturated rings. The van der Waals surface area contributed by atoms with Gasteiger partial charge in [0.05, 0.1) is 4.92 Å². The van der Waals surface area contributed by atoms with Gasteiger partial charge in [0.2, 0.25) is 0 Å². The fourth-order valence-electron chi connectivity index (χ4n) is 1.14. The molecule has 17 heavy (non-hydrogen) atoms. The predicted octanol–water partition coefficient (Wildman–Crippen LogP) is 3.91. The molecular weight excluding hydrogens is 214 g/mol. The second-order valence-corrected chi connectivity index (χ2v) is 3.21. The quantitative estimate of drug-likeness (QED) is 0.435. The molecule has 0 unspecified atom stereocenters. The molecule has 0 aliphatic carbocycles. The molecule has 0 aliphatic heterocycles. The van der Waals surface area contributed by atoms with E-state index in [1.54, 1.807) is 18.2 Å². The fraction of sp³-hybridized carbons (Fsp3) is 0. The van der Waals surface area contributed by atoms with Crippen LogP contribution in [0.5, 0.6) is 0 Å². The van der Waals surface area contributed by atoms with Crippen molar-refractivity contribution in [1.29, 1.82) is 0 Å². The Morgan fingerprint density at radius 1 is 1.00 bits per heavy atom. The van der Waals surface area contributed by atoms with Crippen molar-refractivity contribution in [2.45, 2.75) is 0 Å². The maximum atomic E-state index is 10.4. The lowest BCUT2D eigenvalue weighted by molar-refractivity contribution is -0.384. The van der Waals surface area contributed by atoms with E-state index in [9.17, 15) is 10.1 Å². The van der Waals surface area contributed by atoms with Gasteiger partial charge in [-0.15, -0.1) is 0 Å². The Kier molecular flexibility index (Phi) is 5.17. The van der Waals surface area contributed by atoms with E-state index in [0.29, 0.717) is 0 Å². The molecule has 0 saturated heterocycles. The van der Waals surface area contributed by atoms with Crippen molar-refractivity contribution < 1.29 is 4.92 Å². The molecule has 0 saturated carbocycles. The van der Waals surface area contributed by atoms with Crippen LogP contribution in [0.3, 0.4) is 0 Å². The van der Waals surface area contributed by atoms with Gasteiger partial charge in [-0.2, -0.15) is 0 Å². The molecule has 0 N–H and O–H groups in total. The van der Waals surface area contributed by atoms with Crippen molar-refractivity contribution in [3.05, 3.63) is 83.0 Å². The summed E-state index contributed by atoms with van der Waals surface area (Å²) in [5.41, 5.74) is 1.03. The van der Waals surface area contributed by atoms with Crippen molar-refractivity contribution in [1.82, 2.24) is 0 Å². The summed E-state index contributed by atoms with van der Waals surface area (Å²) < 4.78 is 0. The van der Waals surface area contributed by atoms with Crippen LogP contribution in [-0.4, -0.2) is 4.92 Å². The predicted molar refractivity (Wildman–Crippen MR) is 70.6 cm³/mol. The molecule has 0 heterocycles. The summed E-state index contributed by atoms with van der Waals surface area (Å²) in [6, 6.07) is 6.39. The number of benzene rings is 1. The maximum Gasteiger partial charge on any atom is 0.269 e. The van der Waals surface area contributed by atoms with Gasteiger partial charge in [-0.3, -0.25) is 10.1 Å². The van der Waals surface area contributed by atoms with E-state index in [2.05, 4.69) is 6.58 Å². The van der Waals surface area contributed by atoms with Crippen molar-refractivity contribution in [2.24, 2.45) is 0 Å². The van der Waals surface area contributed by atoms with E-state index >= 15 is 0 Å². The largest absolute Gasteiger partial charge is 0.269 e. The Hall–Kier alpha value is -2.42. The third-order valence-electron chi connectivity index (χ3n) is 1.97. The number of nitro groups is 1. The molecule has 1 rings (SSSR count). The first kappa shape index (κ1) is 12.6. The van der Waals surface area contributed by atoms with Gasteiger partial charge in [0.25, 0.3) is 5.69 Å². The monoisotopic (exact) mass is 227 g/mol. The minimum absolute atomic E-state index is 0.103. The molecule has 0 spiro atoms. The molecule has 0 radical (unpaired) electrons. The van der Waals surface area contributed by atoms with Crippen molar-refractivity contribution in [3.8, 4) is 0 Å². The maximum absolute atomic E-state index is 10.4. The lowest BCUT2D eigenvalue weighted by Crippen LogP contribution is -1.86. The van der Waals surface area contributed by atoms with Gasteiger partial charge in [0.1, 0.15) is 0 Å². The minimum Gasteiger partial charge on any atom is -0.258 e. The molecule has 0 aromatic heterocycles. The summed E-state index contributed by atoms with van der Waals surface area (Å²) in [6.07, 6.45) is 12.9. The molecule has 1 aromatic rings. The molecule has 1 aromatic carbocycles. The zero-order valence-electron chi connectivity index (χ0n) is 9.32. The molecule has 0 aliphatic rings. The second kappa shape index (κ2) is 6.95.